The number of rotatable bonds is 0. The molecule has 0 aromatic rings. The maximum absolute atomic E-state index is 11.0. The van der Waals surface area contributed by atoms with E-state index in [0.29, 0.717) is 18.3 Å². The molecule has 0 aromatic carbocycles. The van der Waals surface area contributed by atoms with Crippen LogP contribution in [0.3, 0.4) is 0 Å². The van der Waals surface area contributed by atoms with Crippen LogP contribution in [0.1, 0.15) is 52.4 Å². The minimum absolute atomic E-state index is 0.0674. The highest BCUT2D eigenvalue weighted by Crippen LogP contribution is 2.65. The van der Waals surface area contributed by atoms with Crippen LogP contribution in [0.5, 0.6) is 0 Å². The van der Waals surface area contributed by atoms with E-state index in [1.165, 1.54) is 5.57 Å². The quantitative estimate of drug-likeness (QED) is 0.444. The summed E-state index contributed by atoms with van der Waals surface area (Å²) in [4.78, 5) is 0.154. The molecule has 9 atom stereocenters. The Morgan fingerprint density at radius 1 is 1.09 bits per heavy atom. The van der Waals surface area contributed by atoms with Gasteiger partial charge in [-0.25, -0.2) is 0 Å². The Morgan fingerprint density at radius 2 is 1.83 bits per heavy atom. The molecule has 4 aliphatic carbocycles. The molecule has 0 aromatic heterocycles. The lowest BCUT2D eigenvalue weighted by Gasteiger charge is -2.59. The van der Waals surface area contributed by atoms with Crippen molar-refractivity contribution in [2.75, 3.05) is 0 Å². The number of halogens is 1. The number of alkyl halides is 1. The molecule has 4 unspecified atom stereocenters. The van der Waals surface area contributed by atoms with Crippen LogP contribution in [0.4, 0.5) is 0 Å². The summed E-state index contributed by atoms with van der Waals surface area (Å²) >= 11 is 3.68. The van der Waals surface area contributed by atoms with Crippen LogP contribution in [-0.4, -0.2) is 38.5 Å². The van der Waals surface area contributed by atoms with Crippen LogP contribution in [0.2, 0.25) is 0 Å². The Bertz CT molecular complexity index is 535. The van der Waals surface area contributed by atoms with Crippen molar-refractivity contribution in [2.24, 2.45) is 28.6 Å². The normalized spacial score (nSPS) is 58.9. The number of aliphatic hydroxyl groups is 3. The van der Waals surface area contributed by atoms with Crippen molar-refractivity contribution in [1.29, 1.82) is 0 Å². The molecule has 4 aliphatic rings. The second kappa shape index (κ2) is 5.30. The Labute approximate surface area is 147 Å². The Morgan fingerprint density at radius 3 is 2.57 bits per heavy atom. The summed E-state index contributed by atoms with van der Waals surface area (Å²) in [5.41, 5.74) is 1.34. The van der Waals surface area contributed by atoms with Gasteiger partial charge in [0.15, 0.2) is 0 Å². The predicted molar refractivity (Wildman–Crippen MR) is 93.2 cm³/mol. The summed E-state index contributed by atoms with van der Waals surface area (Å²) in [7, 11) is 0. The van der Waals surface area contributed by atoms with Gasteiger partial charge >= 0.3 is 0 Å². The SMILES string of the molecule is C[C@]12CCC(O)C=C1CC(O)[C@@H]1[C@H]2CC[C@]2(C)C(O)C(Br)C[C@@H]12. The summed E-state index contributed by atoms with van der Waals surface area (Å²) in [5, 5.41) is 31.7. The number of fused-ring (bicyclic) bond motifs is 5. The average molecular weight is 385 g/mol. The summed E-state index contributed by atoms with van der Waals surface area (Å²) in [6.45, 7) is 4.58. The predicted octanol–water partition coefficient (Wildman–Crippen LogP) is 3.02. The van der Waals surface area contributed by atoms with Crippen LogP contribution < -0.4 is 0 Å². The summed E-state index contributed by atoms with van der Waals surface area (Å²) < 4.78 is 0. The summed E-state index contributed by atoms with van der Waals surface area (Å²) in [6, 6.07) is 0. The van der Waals surface area contributed by atoms with Gasteiger partial charge in [0.1, 0.15) is 0 Å². The van der Waals surface area contributed by atoms with E-state index in [1.54, 1.807) is 0 Å². The van der Waals surface area contributed by atoms with E-state index in [4.69, 9.17) is 0 Å². The molecule has 3 saturated carbocycles. The van der Waals surface area contributed by atoms with E-state index in [-0.39, 0.29) is 39.9 Å². The minimum atomic E-state index is -0.337. The molecule has 3 N–H and O–H groups in total. The lowest BCUT2D eigenvalue weighted by atomic mass is 9.46. The molecule has 23 heavy (non-hydrogen) atoms. The van der Waals surface area contributed by atoms with Crippen molar-refractivity contribution in [3.63, 3.8) is 0 Å². The molecule has 0 amide bonds. The molecule has 130 valence electrons. The van der Waals surface area contributed by atoms with Crippen LogP contribution in [0.25, 0.3) is 0 Å². The number of aliphatic hydroxyl groups excluding tert-OH is 3. The first-order valence-electron chi connectivity index (χ1n) is 9.17. The van der Waals surface area contributed by atoms with Crippen molar-refractivity contribution in [1.82, 2.24) is 0 Å². The van der Waals surface area contributed by atoms with Crippen LogP contribution in [-0.2, 0) is 0 Å². The standard InChI is InChI=1S/C19H29BrO3/c1-18-5-3-11(21)7-10(18)8-15(22)16-12(18)4-6-19(2)13(16)9-14(20)17(19)23/h7,11-17,21-23H,3-6,8-9H2,1-2H3/t11?,12-,13+,14?,15?,16-,17?,18+,19+/m1/s1. The maximum Gasteiger partial charge on any atom is 0.0724 e. The highest BCUT2D eigenvalue weighted by atomic mass is 79.9. The van der Waals surface area contributed by atoms with E-state index in [9.17, 15) is 15.3 Å². The van der Waals surface area contributed by atoms with Crippen LogP contribution in [0, 0.1) is 28.6 Å². The van der Waals surface area contributed by atoms with Crippen molar-refractivity contribution >= 4 is 15.9 Å². The molecular weight excluding hydrogens is 356 g/mol. The molecule has 3 nitrogen and oxygen atoms in total. The van der Waals surface area contributed by atoms with Gasteiger partial charge in [-0.1, -0.05) is 41.4 Å². The first-order chi connectivity index (χ1) is 10.8. The van der Waals surface area contributed by atoms with Gasteiger partial charge in [-0.15, -0.1) is 0 Å². The average Bonchev–Trinajstić information content (AvgIpc) is 2.73. The van der Waals surface area contributed by atoms with E-state index in [1.807, 2.05) is 6.08 Å². The zero-order valence-corrected chi connectivity index (χ0v) is 15.7. The first-order valence-corrected chi connectivity index (χ1v) is 10.1. The molecule has 3 fully saturated rings. The monoisotopic (exact) mass is 384 g/mol. The topological polar surface area (TPSA) is 60.7 Å². The van der Waals surface area contributed by atoms with Crippen molar-refractivity contribution < 1.29 is 15.3 Å². The molecule has 0 radical (unpaired) electrons. The summed E-state index contributed by atoms with van der Waals surface area (Å²) in [6.07, 6.45) is 6.69. The van der Waals surface area contributed by atoms with Gasteiger partial charge in [-0.2, -0.15) is 0 Å². The van der Waals surface area contributed by atoms with Crippen LogP contribution in [0.15, 0.2) is 11.6 Å². The third-order valence-electron chi connectivity index (χ3n) is 8.05. The number of hydrogen-bond donors (Lipinski definition) is 3. The Balaban J connectivity index is 1.73. The third-order valence-corrected chi connectivity index (χ3v) is 8.92. The molecule has 0 spiro atoms. The van der Waals surface area contributed by atoms with Crippen LogP contribution >= 0.6 is 15.9 Å². The molecule has 0 heterocycles. The minimum Gasteiger partial charge on any atom is -0.392 e. The second-order valence-corrected chi connectivity index (χ2v) is 10.2. The van der Waals surface area contributed by atoms with Gasteiger partial charge in [0.05, 0.1) is 18.3 Å². The van der Waals surface area contributed by atoms with E-state index in [0.717, 1.165) is 32.1 Å². The third kappa shape index (κ3) is 2.17. The van der Waals surface area contributed by atoms with Crippen molar-refractivity contribution in [3.8, 4) is 0 Å². The zero-order valence-electron chi connectivity index (χ0n) is 14.1. The molecule has 0 saturated heterocycles. The smallest absolute Gasteiger partial charge is 0.0724 e. The van der Waals surface area contributed by atoms with Crippen molar-refractivity contribution in [3.05, 3.63) is 11.6 Å². The van der Waals surface area contributed by atoms with Gasteiger partial charge < -0.3 is 15.3 Å². The van der Waals surface area contributed by atoms with Gasteiger partial charge in [-0.05, 0) is 67.1 Å². The lowest BCUT2D eigenvalue weighted by Crippen LogP contribution is -2.56. The Hall–Kier alpha value is 0.100. The molecule has 4 heteroatoms. The number of hydrogen-bond acceptors (Lipinski definition) is 3. The van der Waals surface area contributed by atoms with Crippen molar-refractivity contribution in [2.45, 2.75) is 75.5 Å². The molecular formula is C19H29BrO3. The highest BCUT2D eigenvalue weighted by Gasteiger charge is 2.62. The lowest BCUT2D eigenvalue weighted by molar-refractivity contribution is -0.121. The van der Waals surface area contributed by atoms with Gasteiger partial charge in [0, 0.05) is 4.83 Å². The Kier molecular flexibility index (Phi) is 3.81. The largest absolute Gasteiger partial charge is 0.392 e. The molecule has 0 aliphatic heterocycles. The van der Waals surface area contributed by atoms with E-state index < -0.39 is 0 Å². The second-order valence-electron chi connectivity index (χ2n) is 9.02. The maximum atomic E-state index is 11.0. The van der Waals surface area contributed by atoms with E-state index >= 15 is 0 Å². The molecule has 4 rings (SSSR count). The highest BCUT2D eigenvalue weighted by molar-refractivity contribution is 9.09. The van der Waals surface area contributed by atoms with Gasteiger partial charge in [-0.3, -0.25) is 0 Å². The fourth-order valence-corrected chi connectivity index (χ4v) is 7.63. The van der Waals surface area contributed by atoms with Gasteiger partial charge in [0.25, 0.3) is 0 Å². The van der Waals surface area contributed by atoms with Gasteiger partial charge in [0.2, 0.25) is 0 Å². The molecule has 0 bridgehead atoms. The summed E-state index contributed by atoms with van der Waals surface area (Å²) in [5.74, 6) is 1.15. The fourth-order valence-electron chi connectivity index (χ4n) is 6.62. The van der Waals surface area contributed by atoms with E-state index in [2.05, 4.69) is 29.8 Å². The first kappa shape index (κ1) is 16.6. The zero-order chi connectivity index (χ0) is 16.6. The fraction of sp³-hybridized carbons (Fsp3) is 0.895.